The predicted molar refractivity (Wildman–Crippen MR) is 83.2 cm³/mol. The van der Waals surface area contributed by atoms with Crippen LogP contribution in [0.2, 0.25) is 5.02 Å². The number of aromatic nitrogens is 4. The van der Waals surface area contributed by atoms with Crippen molar-refractivity contribution < 1.29 is 4.42 Å². The third-order valence-corrected chi connectivity index (χ3v) is 4.36. The second-order valence-corrected chi connectivity index (χ2v) is 5.91. The van der Waals surface area contributed by atoms with E-state index in [1.54, 1.807) is 4.68 Å². The van der Waals surface area contributed by atoms with E-state index in [1.807, 2.05) is 38.2 Å². The highest BCUT2D eigenvalue weighted by atomic mass is 79.9. The van der Waals surface area contributed by atoms with Crippen LogP contribution in [0.15, 0.2) is 33.2 Å². The van der Waals surface area contributed by atoms with Gasteiger partial charge in [0.1, 0.15) is 0 Å². The lowest BCUT2D eigenvalue weighted by Gasteiger charge is -1.97. The van der Waals surface area contributed by atoms with Gasteiger partial charge in [0.2, 0.25) is 5.89 Å². The highest BCUT2D eigenvalue weighted by Gasteiger charge is 2.18. The number of hydrogen-bond donors (Lipinski definition) is 0. The van der Waals surface area contributed by atoms with Crippen LogP contribution in [-0.2, 0) is 13.5 Å². The van der Waals surface area contributed by atoms with E-state index < -0.39 is 0 Å². The Balaban J connectivity index is 1.88. The molecule has 2 heterocycles. The van der Waals surface area contributed by atoms with Crippen molar-refractivity contribution in [2.24, 2.45) is 7.05 Å². The smallest absolute Gasteiger partial charge is 0.269 e. The first-order valence-corrected chi connectivity index (χ1v) is 7.48. The zero-order valence-corrected chi connectivity index (χ0v) is 13.8. The van der Waals surface area contributed by atoms with Crippen LogP contribution in [0.1, 0.15) is 17.1 Å². The lowest BCUT2D eigenvalue weighted by atomic mass is 10.1. The van der Waals surface area contributed by atoms with E-state index in [-0.39, 0.29) is 0 Å². The van der Waals surface area contributed by atoms with Gasteiger partial charge >= 0.3 is 0 Å². The fourth-order valence-corrected chi connectivity index (χ4v) is 2.68. The molecule has 0 N–H and O–H groups in total. The standard InChI is InChI=1S/C14H12BrClN4O/c1-8-12(15)13(19-20(8)2)14-18-17-11(21-14)7-9-4-3-5-10(16)6-9/h3-6H,7H2,1-2H3. The lowest BCUT2D eigenvalue weighted by Crippen LogP contribution is -1.92. The van der Waals surface area contributed by atoms with E-state index in [0.29, 0.717) is 28.9 Å². The van der Waals surface area contributed by atoms with E-state index in [9.17, 15) is 0 Å². The van der Waals surface area contributed by atoms with Gasteiger partial charge in [-0.3, -0.25) is 4.68 Å². The zero-order valence-electron chi connectivity index (χ0n) is 11.5. The molecule has 0 unspecified atom stereocenters. The van der Waals surface area contributed by atoms with Crippen molar-refractivity contribution in [1.82, 2.24) is 20.0 Å². The fourth-order valence-electron chi connectivity index (χ4n) is 1.96. The number of aryl methyl sites for hydroxylation is 1. The molecule has 0 saturated heterocycles. The Labute approximate surface area is 135 Å². The first-order valence-electron chi connectivity index (χ1n) is 6.31. The molecule has 5 nitrogen and oxygen atoms in total. The van der Waals surface area contributed by atoms with Gasteiger partial charge in [-0.1, -0.05) is 23.7 Å². The van der Waals surface area contributed by atoms with Crippen LogP contribution in [0, 0.1) is 6.92 Å². The van der Waals surface area contributed by atoms with E-state index in [4.69, 9.17) is 16.0 Å². The zero-order chi connectivity index (χ0) is 15.0. The van der Waals surface area contributed by atoms with E-state index in [0.717, 1.165) is 15.7 Å². The summed E-state index contributed by atoms with van der Waals surface area (Å²) in [4.78, 5) is 0. The Morgan fingerprint density at radius 2 is 2.14 bits per heavy atom. The van der Waals surface area contributed by atoms with Crippen LogP contribution in [0.3, 0.4) is 0 Å². The number of rotatable bonds is 3. The summed E-state index contributed by atoms with van der Waals surface area (Å²) < 4.78 is 8.32. The van der Waals surface area contributed by atoms with Gasteiger partial charge in [-0.25, -0.2) is 0 Å². The van der Waals surface area contributed by atoms with Gasteiger partial charge in [-0.15, -0.1) is 10.2 Å². The minimum Gasteiger partial charge on any atom is -0.419 e. The molecule has 0 aliphatic carbocycles. The summed E-state index contributed by atoms with van der Waals surface area (Å²) >= 11 is 9.46. The molecular weight excluding hydrogens is 356 g/mol. The fraction of sp³-hybridized carbons (Fsp3) is 0.214. The maximum Gasteiger partial charge on any atom is 0.269 e. The van der Waals surface area contributed by atoms with Crippen molar-refractivity contribution >= 4 is 27.5 Å². The monoisotopic (exact) mass is 366 g/mol. The van der Waals surface area contributed by atoms with Crippen LogP contribution < -0.4 is 0 Å². The molecule has 0 aliphatic heterocycles. The molecule has 1 aromatic carbocycles. The molecule has 21 heavy (non-hydrogen) atoms. The summed E-state index contributed by atoms with van der Waals surface area (Å²) in [6, 6.07) is 7.58. The van der Waals surface area contributed by atoms with Crippen molar-refractivity contribution in [3.05, 3.63) is 50.9 Å². The molecule has 0 amide bonds. The molecule has 0 fully saturated rings. The molecule has 7 heteroatoms. The highest BCUT2D eigenvalue weighted by molar-refractivity contribution is 9.10. The first-order chi connectivity index (χ1) is 10.0. The maximum atomic E-state index is 5.97. The number of hydrogen-bond acceptors (Lipinski definition) is 4. The average molecular weight is 368 g/mol. The molecule has 3 rings (SSSR count). The second kappa shape index (κ2) is 5.61. The van der Waals surface area contributed by atoms with E-state index >= 15 is 0 Å². The molecule has 0 atom stereocenters. The molecule has 0 spiro atoms. The van der Waals surface area contributed by atoms with Crippen molar-refractivity contribution in [2.75, 3.05) is 0 Å². The normalized spacial score (nSPS) is 11.0. The summed E-state index contributed by atoms with van der Waals surface area (Å²) in [7, 11) is 1.87. The van der Waals surface area contributed by atoms with E-state index in [2.05, 4.69) is 31.2 Å². The van der Waals surface area contributed by atoms with Gasteiger partial charge in [0, 0.05) is 12.1 Å². The minimum absolute atomic E-state index is 0.405. The summed E-state index contributed by atoms with van der Waals surface area (Å²) in [6.45, 7) is 1.96. The first kappa shape index (κ1) is 14.3. The molecule has 0 saturated carbocycles. The molecule has 0 bridgehead atoms. The van der Waals surface area contributed by atoms with Crippen LogP contribution in [-0.4, -0.2) is 20.0 Å². The quantitative estimate of drug-likeness (QED) is 0.707. The van der Waals surface area contributed by atoms with Gasteiger partial charge < -0.3 is 4.42 Å². The predicted octanol–water partition coefficient (Wildman–Crippen LogP) is 3.79. The molecule has 0 radical (unpaired) electrons. The topological polar surface area (TPSA) is 56.7 Å². The van der Waals surface area contributed by atoms with Crippen LogP contribution in [0.25, 0.3) is 11.6 Å². The van der Waals surface area contributed by atoms with Gasteiger partial charge in [0.15, 0.2) is 5.69 Å². The molecule has 0 aliphatic rings. The van der Waals surface area contributed by atoms with Crippen molar-refractivity contribution in [3.8, 4) is 11.6 Å². The third kappa shape index (κ3) is 2.87. The summed E-state index contributed by atoms with van der Waals surface area (Å²) in [5.74, 6) is 0.935. The van der Waals surface area contributed by atoms with Crippen LogP contribution in [0.5, 0.6) is 0 Å². The molecule has 2 aromatic heterocycles. The van der Waals surface area contributed by atoms with Gasteiger partial charge in [0.25, 0.3) is 5.89 Å². The third-order valence-electron chi connectivity index (χ3n) is 3.17. The Hall–Kier alpha value is -1.66. The summed E-state index contributed by atoms with van der Waals surface area (Å²) in [6.07, 6.45) is 0.539. The van der Waals surface area contributed by atoms with Crippen molar-refractivity contribution in [2.45, 2.75) is 13.3 Å². The Kier molecular flexibility index (Phi) is 3.82. The molecular formula is C14H12BrClN4O. The van der Waals surface area contributed by atoms with Gasteiger partial charge in [-0.2, -0.15) is 5.10 Å². The van der Waals surface area contributed by atoms with Crippen LogP contribution in [0.4, 0.5) is 0 Å². The van der Waals surface area contributed by atoms with E-state index in [1.165, 1.54) is 0 Å². The summed E-state index contributed by atoms with van der Waals surface area (Å²) in [5, 5.41) is 13.2. The highest BCUT2D eigenvalue weighted by Crippen LogP contribution is 2.29. The lowest BCUT2D eigenvalue weighted by molar-refractivity contribution is 0.515. The van der Waals surface area contributed by atoms with Crippen molar-refractivity contribution in [1.29, 1.82) is 0 Å². The number of benzene rings is 1. The maximum absolute atomic E-state index is 5.97. The second-order valence-electron chi connectivity index (χ2n) is 4.68. The minimum atomic E-state index is 0.405. The van der Waals surface area contributed by atoms with Gasteiger partial charge in [-0.05, 0) is 40.5 Å². The van der Waals surface area contributed by atoms with Crippen molar-refractivity contribution in [3.63, 3.8) is 0 Å². The van der Waals surface area contributed by atoms with Crippen LogP contribution >= 0.6 is 27.5 Å². The number of nitrogens with zero attached hydrogens (tertiary/aromatic N) is 4. The largest absolute Gasteiger partial charge is 0.419 e. The van der Waals surface area contributed by atoms with Gasteiger partial charge in [0.05, 0.1) is 16.6 Å². The molecule has 3 aromatic rings. The SMILES string of the molecule is Cc1c(Br)c(-c2nnc(Cc3cccc(Cl)c3)o2)nn1C. The Morgan fingerprint density at radius 3 is 2.81 bits per heavy atom. The summed E-state index contributed by atoms with van der Waals surface area (Å²) in [5.41, 5.74) is 2.67. The Bertz CT molecular complexity index is 796. The Morgan fingerprint density at radius 1 is 1.33 bits per heavy atom. The number of halogens is 2. The molecule has 108 valence electrons. The average Bonchev–Trinajstić information content (AvgIpc) is 2.99.